The maximum absolute atomic E-state index is 13.3. The Morgan fingerprint density at radius 2 is 1.96 bits per heavy atom. The molecule has 0 bridgehead atoms. The number of hydrogen-bond donors (Lipinski definition) is 2. The van der Waals surface area contributed by atoms with Gasteiger partial charge in [0.25, 0.3) is 5.91 Å². The number of halogens is 3. The highest BCUT2D eigenvalue weighted by atomic mass is 19.4. The van der Waals surface area contributed by atoms with Crippen LogP contribution in [0.15, 0.2) is 35.2 Å². The van der Waals surface area contributed by atoms with Crippen LogP contribution in [0.1, 0.15) is 10.4 Å². The molecule has 0 saturated carbocycles. The number of benzene rings is 1. The number of rotatable bonds is 5. The molecule has 140 valence electrons. The van der Waals surface area contributed by atoms with Crippen LogP contribution in [0.5, 0.6) is 0 Å². The lowest BCUT2D eigenvalue weighted by molar-refractivity contribution is -0.183. The second-order valence-corrected chi connectivity index (χ2v) is 5.89. The fraction of sp³-hybridized carbons (Fsp3) is 0.438. The second-order valence-electron chi connectivity index (χ2n) is 5.89. The summed E-state index contributed by atoms with van der Waals surface area (Å²) in [5.41, 5.74) is 0.905. The van der Waals surface area contributed by atoms with Gasteiger partial charge in [-0.25, -0.2) is 0 Å². The topological polar surface area (TPSA) is 83.3 Å². The molecule has 1 fully saturated rings. The third kappa shape index (κ3) is 4.38. The van der Waals surface area contributed by atoms with Crippen molar-refractivity contribution in [3.05, 3.63) is 36.2 Å². The molecule has 1 unspecified atom stereocenters. The van der Waals surface area contributed by atoms with E-state index in [1.165, 1.54) is 23.4 Å². The van der Waals surface area contributed by atoms with Gasteiger partial charge >= 0.3 is 6.18 Å². The van der Waals surface area contributed by atoms with E-state index < -0.39 is 24.7 Å². The Morgan fingerprint density at radius 1 is 1.27 bits per heavy atom. The smallest absolute Gasteiger partial charge is 0.350 e. The number of nitrogens with zero attached hydrogens (tertiary/aromatic N) is 3. The number of amides is 1. The van der Waals surface area contributed by atoms with Crippen LogP contribution in [0, 0.1) is 0 Å². The van der Waals surface area contributed by atoms with E-state index in [9.17, 15) is 18.0 Å². The molecular formula is C16H18F3N5O2. The Labute approximate surface area is 147 Å². The van der Waals surface area contributed by atoms with E-state index in [2.05, 4.69) is 25.3 Å². The normalized spacial score (nSPS) is 17.0. The second kappa shape index (κ2) is 7.83. The first-order valence-electron chi connectivity index (χ1n) is 8.11. The highest BCUT2D eigenvalue weighted by molar-refractivity contribution is 5.94. The number of carbonyl (C=O) groups is 1. The van der Waals surface area contributed by atoms with Crippen LogP contribution in [-0.2, 0) is 0 Å². The Morgan fingerprint density at radius 3 is 2.54 bits per heavy atom. The molecule has 0 aliphatic carbocycles. The van der Waals surface area contributed by atoms with Crippen molar-refractivity contribution in [3.63, 3.8) is 0 Å². The van der Waals surface area contributed by atoms with Crippen LogP contribution >= 0.6 is 0 Å². The number of carbonyl (C=O) groups excluding carboxylic acids is 1. The van der Waals surface area contributed by atoms with Gasteiger partial charge < -0.3 is 15.2 Å². The summed E-state index contributed by atoms with van der Waals surface area (Å²) in [6, 6.07) is 4.53. The van der Waals surface area contributed by atoms with Gasteiger partial charge in [-0.05, 0) is 12.1 Å². The first-order valence-corrected chi connectivity index (χ1v) is 8.11. The molecule has 0 radical (unpaired) electrons. The van der Waals surface area contributed by atoms with E-state index in [4.69, 9.17) is 0 Å². The molecule has 1 amide bonds. The van der Waals surface area contributed by atoms with Gasteiger partial charge in [-0.2, -0.15) is 18.2 Å². The third-order valence-corrected chi connectivity index (χ3v) is 4.19. The van der Waals surface area contributed by atoms with Crippen LogP contribution in [0.2, 0.25) is 0 Å². The largest absolute Gasteiger partial charge is 0.405 e. The number of aromatic nitrogens is 2. The van der Waals surface area contributed by atoms with Crippen molar-refractivity contribution in [1.82, 2.24) is 25.7 Å². The van der Waals surface area contributed by atoms with Crippen LogP contribution in [0.3, 0.4) is 0 Å². The van der Waals surface area contributed by atoms with E-state index >= 15 is 0 Å². The zero-order valence-electron chi connectivity index (χ0n) is 13.8. The standard InChI is InChI=1S/C16H18F3N5O2/c17-16(18,19)13(24-7-5-20-6-8-24)9-21-15(25)12-3-1-11(2-4-12)14-22-10-26-23-14/h1-4,10,13,20H,5-9H2,(H,21,25). The van der Waals surface area contributed by atoms with Crippen LogP contribution in [0.25, 0.3) is 11.4 Å². The first-order chi connectivity index (χ1) is 12.4. The molecule has 2 N–H and O–H groups in total. The zero-order valence-corrected chi connectivity index (χ0v) is 13.8. The van der Waals surface area contributed by atoms with Crippen molar-refractivity contribution < 1.29 is 22.5 Å². The molecule has 26 heavy (non-hydrogen) atoms. The zero-order chi connectivity index (χ0) is 18.6. The van der Waals surface area contributed by atoms with E-state index in [0.29, 0.717) is 37.6 Å². The van der Waals surface area contributed by atoms with E-state index in [0.717, 1.165) is 0 Å². The maximum Gasteiger partial charge on any atom is 0.405 e. The Balaban J connectivity index is 1.62. The van der Waals surface area contributed by atoms with Gasteiger partial charge in [-0.1, -0.05) is 17.3 Å². The van der Waals surface area contributed by atoms with Crippen molar-refractivity contribution >= 4 is 5.91 Å². The van der Waals surface area contributed by atoms with Crippen molar-refractivity contribution in [2.45, 2.75) is 12.2 Å². The summed E-state index contributed by atoms with van der Waals surface area (Å²) >= 11 is 0. The highest BCUT2D eigenvalue weighted by Gasteiger charge is 2.43. The molecule has 2 aromatic rings. The summed E-state index contributed by atoms with van der Waals surface area (Å²) in [6.07, 6.45) is -3.23. The Kier molecular flexibility index (Phi) is 5.52. The van der Waals surface area contributed by atoms with Crippen LogP contribution < -0.4 is 10.6 Å². The van der Waals surface area contributed by atoms with Crippen molar-refractivity contribution in [2.24, 2.45) is 0 Å². The first kappa shape index (κ1) is 18.3. The van der Waals surface area contributed by atoms with E-state index in [1.54, 1.807) is 12.1 Å². The quantitative estimate of drug-likeness (QED) is 0.827. The lowest BCUT2D eigenvalue weighted by Gasteiger charge is -2.35. The van der Waals surface area contributed by atoms with Gasteiger partial charge in [-0.15, -0.1) is 0 Å². The fourth-order valence-electron chi connectivity index (χ4n) is 2.81. The molecule has 10 heteroatoms. The van der Waals surface area contributed by atoms with Gasteiger partial charge in [0.1, 0.15) is 6.04 Å². The minimum Gasteiger partial charge on any atom is -0.350 e. The molecule has 1 aliphatic rings. The molecule has 1 aromatic carbocycles. The van der Waals surface area contributed by atoms with E-state index in [-0.39, 0.29) is 5.56 Å². The van der Waals surface area contributed by atoms with Gasteiger partial charge in [-0.3, -0.25) is 9.69 Å². The van der Waals surface area contributed by atoms with Gasteiger partial charge in [0, 0.05) is 43.9 Å². The van der Waals surface area contributed by atoms with Gasteiger partial charge in [0.05, 0.1) is 0 Å². The summed E-state index contributed by atoms with van der Waals surface area (Å²) in [5.74, 6) is -0.193. The Bertz CT molecular complexity index is 712. The summed E-state index contributed by atoms with van der Waals surface area (Å²) in [4.78, 5) is 17.4. The number of piperazine rings is 1. The van der Waals surface area contributed by atoms with Crippen molar-refractivity contribution in [2.75, 3.05) is 32.7 Å². The summed E-state index contributed by atoms with van der Waals surface area (Å²) in [7, 11) is 0. The lowest BCUT2D eigenvalue weighted by atomic mass is 10.1. The number of alkyl halides is 3. The highest BCUT2D eigenvalue weighted by Crippen LogP contribution is 2.25. The monoisotopic (exact) mass is 369 g/mol. The molecule has 2 heterocycles. The molecule has 3 rings (SSSR count). The third-order valence-electron chi connectivity index (χ3n) is 4.19. The van der Waals surface area contributed by atoms with Crippen molar-refractivity contribution in [3.8, 4) is 11.4 Å². The average molecular weight is 369 g/mol. The van der Waals surface area contributed by atoms with Gasteiger partial charge in [0.2, 0.25) is 12.2 Å². The van der Waals surface area contributed by atoms with Crippen molar-refractivity contribution in [1.29, 1.82) is 0 Å². The minimum absolute atomic E-state index is 0.262. The SMILES string of the molecule is O=C(NCC(N1CCNCC1)C(F)(F)F)c1ccc(-c2ncon2)cc1. The molecule has 1 saturated heterocycles. The molecule has 1 aliphatic heterocycles. The molecule has 1 atom stereocenters. The molecule has 7 nitrogen and oxygen atoms in total. The van der Waals surface area contributed by atoms with Crippen LogP contribution in [0.4, 0.5) is 13.2 Å². The van der Waals surface area contributed by atoms with E-state index in [1.807, 2.05) is 0 Å². The number of nitrogens with one attached hydrogen (secondary N) is 2. The average Bonchev–Trinajstić information content (AvgIpc) is 3.16. The summed E-state index contributed by atoms with van der Waals surface area (Å²) < 4.78 is 44.6. The fourth-order valence-corrected chi connectivity index (χ4v) is 2.81. The molecular weight excluding hydrogens is 351 g/mol. The summed E-state index contributed by atoms with van der Waals surface area (Å²) in [5, 5.41) is 9.08. The predicted molar refractivity (Wildman–Crippen MR) is 86.4 cm³/mol. The molecule has 0 spiro atoms. The summed E-state index contributed by atoms with van der Waals surface area (Å²) in [6.45, 7) is 1.09. The predicted octanol–water partition coefficient (Wildman–Crippen LogP) is 1.30. The lowest BCUT2D eigenvalue weighted by Crippen LogP contribution is -2.57. The van der Waals surface area contributed by atoms with Gasteiger partial charge in [0.15, 0.2) is 0 Å². The Hall–Kier alpha value is -2.46. The minimum atomic E-state index is -4.41. The van der Waals surface area contributed by atoms with Crippen LogP contribution in [-0.4, -0.2) is 65.9 Å². The molecule has 1 aromatic heterocycles. The number of hydrogen-bond acceptors (Lipinski definition) is 6. The maximum atomic E-state index is 13.3.